The van der Waals surface area contributed by atoms with Gasteiger partial charge in [0.1, 0.15) is 12.7 Å². The van der Waals surface area contributed by atoms with Crippen LogP contribution in [0.5, 0.6) is 0 Å². The van der Waals surface area contributed by atoms with Gasteiger partial charge in [-0.15, -0.1) is 0 Å². The summed E-state index contributed by atoms with van der Waals surface area (Å²) in [4.78, 5) is 11.5. The summed E-state index contributed by atoms with van der Waals surface area (Å²) in [6.07, 6.45) is 0.772. The number of rotatable bonds is 2. The lowest BCUT2D eigenvalue weighted by atomic mass is 9.97. The second-order valence-corrected chi connectivity index (χ2v) is 3.63. The molecule has 0 aromatic carbocycles. The minimum Gasteiger partial charge on any atom is -0.459 e. The molecule has 3 atom stereocenters. The first-order chi connectivity index (χ1) is 6.19. The van der Waals surface area contributed by atoms with Gasteiger partial charge in [-0.2, -0.15) is 0 Å². The second kappa shape index (κ2) is 2.96. The highest BCUT2D eigenvalue weighted by atomic mass is 16.8. The topological polar surface area (TPSA) is 44.8 Å². The minimum atomic E-state index is -1.10. The van der Waals surface area contributed by atoms with Crippen LogP contribution in [0, 0.1) is 5.92 Å². The van der Waals surface area contributed by atoms with E-state index >= 15 is 0 Å². The Labute approximate surface area is 77.1 Å². The standard InChI is InChI=1S/C9H14O4/c1-3-6(2)9-8(10)11-4-7(13-9)5-12-9/h6-7H,3-5H2,1-2H3. The Bertz CT molecular complexity index is 228. The molecule has 0 saturated carbocycles. The van der Waals surface area contributed by atoms with E-state index in [1.165, 1.54) is 0 Å². The predicted molar refractivity (Wildman–Crippen MR) is 44.0 cm³/mol. The van der Waals surface area contributed by atoms with Crippen LogP contribution in [0.1, 0.15) is 20.3 Å². The summed E-state index contributed by atoms with van der Waals surface area (Å²) in [6, 6.07) is 0. The third-order valence-electron chi connectivity index (χ3n) is 2.77. The number of cyclic esters (lactones) is 1. The maximum absolute atomic E-state index is 11.5. The van der Waals surface area contributed by atoms with E-state index in [0.717, 1.165) is 6.42 Å². The predicted octanol–water partition coefficient (Wildman–Crippen LogP) is 0.701. The molecule has 0 aromatic rings. The van der Waals surface area contributed by atoms with Crippen molar-refractivity contribution in [2.45, 2.75) is 32.2 Å². The van der Waals surface area contributed by atoms with Gasteiger partial charge in [0.05, 0.1) is 6.61 Å². The van der Waals surface area contributed by atoms with E-state index in [2.05, 4.69) is 0 Å². The quantitative estimate of drug-likeness (QED) is 0.595. The van der Waals surface area contributed by atoms with Gasteiger partial charge in [-0.3, -0.25) is 0 Å². The van der Waals surface area contributed by atoms with Crippen LogP contribution in [0.4, 0.5) is 0 Å². The molecule has 2 heterocycles. The molecule has 2 bridgehead atoms. The van der Waals surface area contributed by atoms with Crippen LogP contribution in [0.3, 0.4) is 0 Å². The van der Waals surface area contributed by atoms with E-state index in [1.807, 2.05) is 13.8 Å². The molecule has 0 aromatic heterocycles. The first-order valence-electron chi connectivity index (χ1n) is 4.68. The number of ether oxygens (including phenoxy) is 3. The summed E-state index contributed by atoms with van der Waals surface area (Å²) in [5.74, 6) is -1.42. The van der Waals surface area contributed by atoms with Crippen molar-refractivity contribution in [3.63, 3.8) is 0 Å². The summed E-state index contributed by atoms with van der Waals surface area (Å²) in [5, 5.41) is 0. The Morgan fingerprint density at radius 1 is 1.62 bits per heavy atom. The lowest BCUT2D eigenvalue weighted by Gasteiger charge is -2.33. The summed E-state index contributed by atoms with van der Waals surface area (Å²) in [6.45, 7) is 4.74. The molecule has 0 amide bonds. The average molecular weight is 186 g/mol. The van der Waals surface area contributed by atoms with Crippen LogP contribution < -0.4 is 0 Å². The summed E-state index contributed by atoms with van der Waals surface area (Å²) in [5.41, 5.74) is 0. The van der Waals surface area contributed by atoms with Crippen LogP contribution in [0.15, 0.2) is 0 Å². The molecule has 2 fully saturated rings. The number of hydrogen-bond donors (Lipinski definition) is 0. The molecule has 2 aliphatic rings. The zero-order chi connectivity index (χ0) is 9.47. The van der Waals surface area contributed by atoms with Gasteiger partial charge in [-0.25, -0.2) is 4.79 Å². The van der Waals surface area contributed by atoms with Gasteiger partial charge in [0.15, 0.2) is 0 Å². The first kappa shape index (κ1) is 8.97. The highest BCUT2D eigenvalue weighted by molar-refractivity contribution is 5.79. The number of fused-ring (bicyclic) bond motifs is 2. The number of esters is 1. The van der Waals surface area contributed by atoms with Crippen molar-refractivity contribution >= 4 is 5.97 Å². The molecule has 0 spiro atoms. The van der Waals surface area contributed by atoms with E-state index in [4.69, 9.17) is 14.2 Å². The third kappa shape index (κ3) is 1.16. The molecule has 74 valence electrons. The maximum atomic E-state index is 11.5. The van der Waals surface area contributed by atoms with Gasteiger partial charge in [0, 0.05) is 5.92 Å². The van der Waals surface area contributed by atoms with Gasteiger partial charge in [-0.1, -0.05) is 13.8 Å². The van der Waals surface area contributed by atoms with E-state index in [9.17, 15) is 4.79 Å². The third-order valence-corrected chi connectivity index (χ3v) is 2.77. The zero-order valence-corrected chi connectivity index (χ0v) is 7.91. The van der Waals surface area contributed by atoms with Gasteiger partial charge in [-0.05, 0) is 6.42 Å². The van der Waals surface area contributed by atoms with Crippen molar-refractivity contribution in [1.82, 2.24) is 0 Å². The van der Waals surface area contributed by atoms with Crippen molar-refractivity contribution in [1.29, 1.82) is 0 Å². The first-order valence-corrected chi connectivity index (χ1v) is 4.68. The average Bonchev–Trinajstić information content (AvgIpc) is 2.52. The molecular formula is C9H14O4. The monoisotopic (exact) mass is 186 g/mol. The number of carbonyl (C=O) groups is 1. The molecule has 4 nitrogen and oxygen atoms in total. The lowest BCUT2D eigenvalue weighted by Crippen LogP contribution is -2.51. The van der Waals surface area contributed by atoms with Gasteiger partial charge >= 0.3 is 5.97 Å². The van der Waals surface area contributed by atoms with Crippen LogP contribution >= 0.6 is 0 Å². The van der Waals surface area contributed by atoms with Gasteiger partial charge in [0.2, 0.25) is 0 Å². The molecule has 4 heteroatoms. The molecule has 2 saturated heterocycles. The molecule has 3 unspecified atom stereocenters. The summed E-state index contributed by atoms with van der Waals surface area (Å²) >= 11 is 0. The fraction of sp³-hybridized carbons (Fsp3) is 0.889. The molecule has 2 aliphatic heterocycles. The van der Waals surface area contributed by atoms with Crippen molar-refractivity contribution in [2.75, 3.05) is 13.2 Å². The fourth-order valence-corrected chi connectivity index (χ4v) is 1.72. The van der Waals surface area contributed by atoms with Crippen LogP contribution in [-0.2, 0) is 19.0 Å². The van der Waals surface area contributed by atoms with E-state index < -0.39 is 5.79 Å². The van der Waals surface area contributed by atoms with E-state index in [0.29, 0.717) is 13.2 Å². The molecule has 2 rings (SSSR count). The molecule has 0 N–H and O–H groups in total. The Morgan fingerprint density at radius 2 is 2.38 bits per heavy atom. The van der Waals surface area contributed by atoms with Crippen LogP contribution in [-0.4, -0.2) is 31.1 Å². The van der Waals surface area contributed by atoms with Gasteiger partial charge < -0.3 is 14.2 Å². The van der Waals surface area contributed by atoms with Crippen LogP contribution in [0.2, 0.25) is 0 Å². The highest BCUT2D eigenvalue weighted by Crippen LogP contribution is 2.37. The molecular weight excluding hydrogens is 172 g/mol. The van der Waals surface area contributed by atoms with Crippen LogP contribution in [0.25, 0.3) is 0 Å². The Balaban J connectivity index is 2.23. The fourth-order valence-electron chi connectivity index (χ4n) is 1.72. The minimum absolute atomic E-state index is 0.0466. The lowest BCUT2D eigenvalue weighted by molar-refractivity contribution is -0.246. The van der Waals surface area contributed by atoms with Crippen molar-refractivity contribution in [3.05, 3.63) is 0 Å². The highest BCUT2D eigenvalue weighted by Gasteiger charge is 2.56. The Morgan fingerprint density at radius 3 is 3.08 bits per heavy atom. The zero-order valence-electron chi connectivity index (χ0n) is 7.91. The molecule has 0 aliphatic carbocycles. The molecule has 13 heavy (non-hydrogen) atoms. The smallest absolute Gasteiger partial charge is 0.367 e. The second-order valence-electron chi connectivity index (χ2n) is 3.63. The largest absolute Gasteiger partial charge is 0.459 e. The van der Waals surface area contributed by atoms with Crippen molar-refractivity contribution < 1.29 is 19.0 Å². The SMILES string of the molecule is CCC(C)C12OCC(COC1=O)O2. The summed E-state index contributed by atoms with van der Waals surface area (Å²) < 4.78 is 16.0. The normalized spacial score (nSPS) is 40.2. The van der Waals surface area contributed by atoms with Crippen molar-refractivity contribution in [3.8, 4) is 0 Å². The van der Waals surface area contributed by atoms with E-state index in [1.54, 1.807) is 0 Å². The Kier molecular flexibility index (Phi) is 2.04. The summed E-state index contributed by atoms with van der Waals surface area (Å²) in [7, 11) is 0. The number of hydrogen-bond acceptors (Lipinski definition) is 4. The Hall–Kier alpha value is -0.610. The van der Waals surface area contributed by atoms with Crippen molar-refractivity contribution in [2.24, 2.45) is 5.92 Å². The number of carbonyl (C=O) groups excluding carboxylic acids is 1. The maximum Gasteiger partial charge on any atom is 0.367 e. The van der Waals surface area contributed by atoms with Gasteiger partial charge in [0.25, 0.3) is 5.79 Å². The van der Waals surface area contributed by atoms with E-state index in [-0.39, 0.29) is 18.0 Å². The molecule has 0 radical (unpaired) electrons.